The first kappa shape index (κ1) is 24.5. The van der Waals surface area contributed by atoms with Crippen molar-refractivity contribution in [3.63, 3.8) is 0 Å². The van der Waals surface area contributed by atoms with Crippen LogP contribution in [-0.4, -0.2) is 35.1 Å². The number of anilines is 1. The minimum Gasteiger partial charge on any atom is -0.390 e. The number of carbonyl (C=O) groups excluding carboxylic acids is 2. The maximum Gasteiger partial charge on any atom is 0.237 e. The number of benzene rings is 2. The van der Waals surface area contributed by atoms with E-state index in [0.29, 0.717) is 41.1 Å². The van der Waals surface area contributed by atoms with Gasteiger partial charge >= 0.3 is 0 Å². The molecule has 0 saturated heterocycles. The summed E-state index contributed by atoms with van der Waals surface area (Å²) < 4.78 is 14.7. The summed E-state index contributed by atoms with van der Waals surface area (Å²) in [6, 6.07) is 8.78. The average Bonchev–Trinajstić information content (AvgIpc) is 2.70. The fourth-order valence-corrected chi connectivity index (χ4v) is 4.42. The van der Waals surface area contributed by atoms with Gasteiger partial charge in [-0.3, -0.25) is 9.59 Å². The molecule has 0 heterocycles. The summed E-state index contributed by atoms with van der Waals surface area (Å²) >= 11 is 12.0. The minimum absolute atomic E-state index is 0.0151. The highest BCUT2D eigenvalue weighted by molar-refractivity contribution is 6.31. The number of halogens is 3. The van der Waals surface area contributed by atoms with Crippen LogP contribution in [0.1, 0.15) is 43.7 Å². The number of hydrogen-bond acceptors (Lipinski definition) is 4. The molecular weight excluding hydrogens is 456 g/mol. The Hall–Kier alpha value is -2.19. The van der Waals surface area contributed by atoms with E-state index in [1.807, 2.05) is 0 Å². The van der Waals surface area contributed by atoms with Crippen LogP contribution in [0.4, 0.5) is 10.1 Å². The molecule has 1 aliphatic carbocycles. The molecule has 0 bridgehead atoms. The van der Waals surface area contributed by atoms with Gasteiger partial charge in [0.1, 0.15) is 5.82 Å². The van der Waals surface area contributed by atoms with Gasteiger partial charge in [-0.15, -0.1) is 0 Å². The molecule has 1 unspecified atom stereocenters. The number of nitrogens with one attached hydrogen (secondary N) is 3. The maximum atomic E-state index is 14.7. The molecule has 2 amide bonds. The van der Waals surface area contributed by atoms with Crippen LogP contribution >= 0.6 is 23.2 Å². The van der Waals surface area contributed by atoms with Crippen LogP contribution in [0.5, 0.6) is 0 Å². The molecule has 9 heteroatoms. The lowest BCUT2D eigenvalue weighted by atomic mass is 9.77. The third kappa shape index (κ3) is 5.78. The van der Waals surface area contributed by atoms with Crippen LogP contribution in [0.25, 0.3) is 0 Å². The molecule has 2 atom stereocenters. The highest BCUT2D eigenvalue weighted by Gasteiger charge is 2.40. The van der Waals surface area contributed by atoms with Crippen molar-refractivity contribution in [3.05, 3.63) is 63.4 Å². The Balaban J connectivity index is 1.82. The van der Waals surface area contributed by atoms with Crippen molar-refractivity contribution < 1.29 is 19.1 Å². The molecule has 3 rings (SSSR count). The lowest BCUT2D eigenvalue weighted by molar-refractivity contribution is -0.127. The van der Waals surface area contributed by atoms with Crippen molar-refractivity contribution in [3.8, 4) is 0 Å². The maximum absolute atomic E-state index is 14.7. The second kappa shape index (κ2) is 10.2. The standard InChI is InChI=1S/C23H26Cl2FN3O3/c1-13(17-4-3-5-18(25)20(17)26)21(22(31)29-16-9-23(2,32)10-16)27-11-14-6-7-15(24)8-19(14)28-12-30/h3-8,12-13,16,21,27,32H,9-11H2,1-2H3,(H,28,30)(H,29,31)/t13?,16?,21-,23?/m1/s1. The number of rotatable bonds is 9. The summed E-state index contributed by atoms with van der Waals surface area (Å²) in [5.74, 6) is -1.43. The summed E-state index contributed by atoms with van der Waals surface area (Å²) in [6.45, 7) is 3.69. The summed E-state index contributed by atoms with van der Waals surface area (Å²) in [5, 5.41) is 19.1. The van der Waals surface area contributed by atoms with Gasteiger partial charge in [0.15, 0.2) is 0 Å². The smallest absolute Gasteiger partial charge is 0.237 e. The molecule has 32 heavy (non-hydrogen) atoms. The molecule has 0 spiro atoms. The van der Waals surface area contributed by atoms with Gasteiger partial charge in [0.2, 0.25) is 12.3 Å². The molecular formula is C23H26Cl2FN3O3. The van der Waals surface area contributed by atoms with Gasteiger partial charge < -0.3 is 21.1 Å². The molecule has 0 radical (unpaired) electrons. The van der Waals surface area contributed by atoms with Crippen molar-refractivity contribution >= 4 is 41.2 Å². The first-order valence-electron chi connectivity index (χ1n) is 10.3. The Labute approximate surface area is 196 Å². The Bertz CT molecular complexity index is 994. The van der Waals surface area contributed by atoms with Gasteiger partial charge in [-0.25, -0.2) is 4.39 Å². The Kier molecular flexibility index (Phi) is 7.77. The fraction of sp³-hybridized carbons (Fsp3) is 0.391. The predicted molar refractivity (Wildman–Crippen MR) is 123 cm³/mol. The monoisotopic (exact) mass is 481 g/mol. The highest BCUT2D eigenvalue weighted by Crippen LogP contribution is 2.32. The third-order valence-corrected chi connectivity index (χ3v) is 6.30. The molecule has 2 aromatic carbocycles. The van der Waals surface area contributed by atoms with E-state index in [9.17, 15) is 19.1 Å². The van der Waals surface area contributed by atoms with Gasteiger partial charge in [0.25, 0.3) is 0 Å². The average molecular weight is 482 g/mol. The van der Waals surface area contributed by atoms with E-state index in [1.165, 1.54) is 6.07 Å². The van der Waals surface area contributed by atoms with E-state index in [0.717, 1.165) is 0 Å². The van der Waals surface area contributed by atoms with E-state index in [1.54, 1.807) is 44.2 Å². The second-order valence-corrected chi connectivity index (χ2v) is 9.31. The Morgan fingerprint density at radius 2 is 2.03 bits per heavy atom. The second-order valence-electron chi connectivity index (χ2n) is 8.46. The lowest BCUT2D eigenvalue weighted by Crippen LogP contribution is -2.57. The highest BCUT2D eigenvalue weighted by atomic mass is 35.5. The first-order chi connectivity index (χ1) is 15.1. The number of carbonyl (C=O) groups is 2. The summed E-state index contributed by atoms with van der Waals surface area (Å²) in [4.78, 5) is 24.1. The molecule has 1 fully saturated rings. The minimum atomic E-state index is -0.798. The predicted octanol–water partition coefficient (Wildman–Crippen LogP) is 3.99. The van der Waals surface area contributed by atoms with Crippen LogP contribution in [0.3, 0.4) is 0 Å². The molecule has 4 N–H and O–H groups in total. The topological polar surface area (TPSA) is 90.5 Å². The summed E-state index contributed by atoms with van der Waals surface area (Å²) in [7, 11) is 0. The molecule has 1 aliphatic rings. The number of hydrogen-bond donors (Lipinski definition) is 4. The molecule has 1 saturated carbocycles. The molecule has 2 aromatic rings. The first-order valence-corrected chi connectivity index (χ1v) is 11.1. The van der Waals surface area contributed by atoms with Gasteiger partial charge in [0.05, 0.1) is 16.7 Å². The van der Waals surface area contributed by atoms with Crippen LogP contribution < -0.4 is 16.0 Å². The van der Waals surface area contributed by atoms with Crippen molar-refractivity contribution in [2.45, 2.75) is 56.8 Å². The van der Waals surface area contributed by atoms with Crippen molar-refractivity contribution in [2.75, 3.05) is 5.32 Å². The van der Waals surface area contributed by atoms with E-state index < -0.39 is 23.4 Å². The fourth-order valence-electron chi connectivity index (χ4n) is 4.06. The van der Waals surface area contributed by atoms with Gasteiger partial charge in [-0.05, 0) is 49.1 Å². The summed E-state index contributed by atoms with van der Waals surface area (Å²) in [5.41, 5.74) is 0.748. The van der Waals surface area contributed by atoms with Crippen LogP contribution in [0.15, 0.2) is 36.4 Å². The zero-order valence-corrected chi connectivity index (χ0v) is 19.3. The number of amides is 2. The summed E-state index contributed by atoms with van der Waals surface area (Å²) in [6.07, 6.45) is 1.46. The van der Waals surface area contributed by atoms with E-state index >= 15 is 0 Å². The third-order valence-electron chi connectivity index (χ3n) is 5.77. The zero-order chi connectivity index (χ0) is 23.5. The zero-order valence-electron chi connectivity index (χ0n) is 17.8. The van der Waals surface area contributed by atoms with E-state index in [4.69, 9.17) is 23.2 Å². The SMILES string of the molecule is CC(c1cccc(Cl)c1F)[C@@H](NCc1ccc(Cl)cc1NC=O)C(=O)NC1CC(C)(O)C1. The molecule has 0 aliphatic heterocycles. The Morgan fingerprint density at radius 3 is 2.69 bits per heavy atom. The number of aliphatic hydroxyl groups is 1. The van der Waals surface area contributed by atoms with Gasteiger partial charge in [0, 0.05) is 29.2 Å². The van der Waals surface area contributed by atoms with Crippen molar-refractivity contribution in [1.82, 2.24) is 10.6 Å². The molecule has 6 nitrogen and oxygen atoms in total. The lowest BCUT2D eigenvalue weighted by Gasteiger charge is -2.42. The van der Waals surface area contributed by atoms with Gasteiger partial charge in [-0.2, -0.15) is 0 Å². The quantitative estimate of drug-likeness (QED) is 0.407. The van der Waals surface area contributed by atoms with E-state index in [-0.39, 0.29) is 23.5 Å². The van der Waals surface area contributed by atoms with Crippen LogP contribution in [0, 0.1) is 5.82 Å². The van der Waals surface area contributed by atoms with E-state index in [2.05, 4.69) is 16.0 Å². The molecule has 0 aromatic heterocycles. The Morgan fingerprint density at radius 1 is 1.31 bits per heavy atom. The largest absolute Gasteiger partial charge is 0.390 e. The van der Waals surface area contributed by atoms with Gasteiger partial charge in [-0.1, -0.05) is 48.3 Å². The molecule has 172 valence electrons. The normalized spacial score (nSPS) is 21.9. The van der Waals surface area contributed by atoms with Crippen LogP contribution in [0.2, 0.25) is 10.0 Å². The van der Waals surface area contributed by atoms with Crippen LogP contribution in [-0.2, 0) is 16.1 Å². The van der Waals surface area contributed by atoms with Crippen molar-refractivity contribution in [2.24, 2.45) is 0 Å². The van der Waals surface area contributed by atoms with Crippen molar-refractivity contribution in [1.29, 1.82) is 0 Å².